The molecule has 0 bridgehead atoms. The van der Waals surface area contributed by atoms with Crippen molar-refractivity contribution in [3.05, 3.63) is 65.1 Å². The van der Waals surface area contributed by atoms with Crippen molar-refractivity contribution >= 4 is 16.9 Å². The van der Waals surface area contributed by atoms with Gasteiger partial charge < -0.3 is 25.1 Å². The van der Waals surface area contributed by atoms with Crippen LogP contribution in [-0.2, 0) is 17.7 Å². The Morgan fingerprint density at radius 1 is 1.10 bits per heavy atom. The highest BCUT2D eigenvalue weighted by molar-refractivity contribution is 5.83. The molecule has 0 aliphatic carbocycles. The number of hydrogen-bond acceptors (Lipinski definition) is 3. The summed E-state index contributed by atoms with van der Waals surface area (Å²) in [7, 11) is 3.39. The minimum absolute atomic E-state index is 0.226. The smallest absolute Gasteiger partial charge is 0.191 e. The van der Waals surface area contributed by atoms with Crippen LogP contribution in [0.4, 0.5) is 4.39 Å². The second-order valence-corrected chi connectivity index (χ2v) is 7.06. The molecule has 3 rings (SSSR count). The molecule has 0 saturated heterocycles. The Labute approximate surface area is 176 Å². The molecule has 2 aromatic carbocycles. The average molecular weight is 413 g/mol. The van der Waals surface area contributed by atoms with Crippen molar-refractivity contribution in [1.82, 2.24) is 15.6 Å². The zero-order valence-electron chi connectivity index (χ0n) is 17.7. The molecule has 0 radical (unpaired) electrons. The van der Waals surface area contributed by atoms with Gasteiger partial charge in [-0.3, -0.25) is 4.99 Å². The number of aliphatic imine (C=N–C) groups is 1. The molecule has 0 spiro atoms. The number of guanidine groups is 1. The number of rotatable bonds is 9. The second-order valence-electron chi connectivity index (χ2n) is 7.06. The molecule has 7 heteroatoms. The maximum atomic E-state index is 13.5. The highest BCUT2D eigenvalue weighted by Crippen LogP contribution is 2.21. The lowest BCUT2D eigenvalue weighted by molar-refractivity contribution is 0.145. The van der Waals surface area contributed by atoms with Gasteiger partial charge in [0.2, 0.25) is 0 Å². The molecule has 160 valence electrons. The normalized spacial score (nSPS) is 11.7. The summed E-state index contributed by atoms with van der Waals surface area (Å²) in [6.07, 6.45) is 2.68. The summed E-state index contributed by atoms with van der Waals surface area (Å²) in [5, 5.41) is 7.55. The predicted octanol–water partition coefficient (Wildman–Crippen LogP) is 3.55. The summed E-state index contributed by atoms with van der Waals surface area (Å²) in [6.45, 7) is 4.35. The molecule has 0 amide bonds. The highest BCUT2D eigenvalue weighted by Gasteiger charge is 2.08. The summed E-state index contributed by atoms with van der Waals surface area (Å²) < 4.78 is 24.5. The first-order valence-corrected chi connectivity index (χ1v) is 10.0. The fourth-order valence-corrected chi connectivity index (χ4v) is 3.25. The number of benzene rings is 2. The van der Waals surface area contributed by atoms with Crippen molar-refractivity contribution in [2.75, 3.05) is 33.9 Å². The largest absolute Gasteiger partial charge is 0.491 e. The third-order valence-electron chi connectivity index (χ3n) is 4.85. The van der Waals surface area contributed by atoms with Gasteiger partial charge in [-0.15, -0.1) is 0 Å². The van der Waals surface area contributed by atoms with Crippen molar-refractivity contribution in [2.45, 2.75) is 19.9 Å². The third-order valence-corrected chi connectivity index (χ3v) is 4.85. The van der Waals surface area contributed by atoms with Gasteiger partial charge >= 0.3 is 0 Å². The second kappa shape index (κ2) is 10.6. The molecular weight excluding hydrogens is 383 g/mol. The first-order chi connectivity index (χ1) is 14.6. The van der Waals surface area contributed by atoms with E-state index in [1.54, 1.807) is 26.3 Å². The summed E-state index contributed by atoms with van der Waals surface area (Å²) >= 11 is 0. The van der Waals surface area contributed by atoms with E-state index in [0.717, 1.165) is 39.8 Å². The van der Waals surface area contributed by atoms with E-state index in [2.05, 4.69) is 32.7 Å². The van der Waals surface area contributed by atoms with E-state index < -0.39 is 0 Å². The molecule has 3 N–H and O–H groups in total. The molecule has 0 unspecified atom stereocenters. The van der Waals surface area contributed by atoms with E-state index in [9.17, 15) is 4.39 Å². The zero-order valence-corrected chi connectivity index (χ0v) is 17.7. The minimum atomic E-state index is -0.226. The number of nitrogens with zero attached hydrogens (tertiary/aromatic N) is 1. The number of ether oxygens (including phenoxy) is 2. The quantitative estimate of drug-likeness (QED) is 0.286. The lowest BCUT2D eigenvalue weighted by Gasteiger charge is -2.15. The van der Waals surface area contributed by atoms with Gasteiger partial charge in [0, 0.05) is 49.9 Å². The first-order valence-electron chi connectivity index (χ1n) is 10.0. The van der Waals surface area contributed by atoms with Crippen LogP contribution in [0.2, 0.25) is 0 Å². The Hall–Kier alpha value is -3.06. The van der Waals surface area contributed by atoms with Gasteiger partial charge in [0.25, 0.3) is 0 Å². The van der Waals surface area contributed by atoms with Gasteiger partial charge in [0.15, 0.2) is 5.96 Å². The monoisotopic (exact) mass is 412 g/mol. The van der Waals surface area contributed by atoms with Crippen molar-refractivity contribution in [2.24, 2.45) is 4.99 Å². The Bertz CT molecular complexity index is 1000. The first kappa shape index (κ1) is 21.6. The van der Waals surface area contributed by atoms with Crippen LogP contribution >= 0.6 is 0 Å². The number of halogens is 1. The van der Waals surface area contributed by atoms with Crippen LogP contribution in [0, 0.1) is 12.7 Å². The van der Waals surface area contributed by atoms with E-state index in [-0.39, 0.29) is 5.82 Å². The maximum Gasteiger partial charge on any atom is 0.191 e. The van der Waals surface area contributed by atoms with Gasteiger partial charge in [-0.05, 0) is 48.7 Å². The summed E-state index contributed by atoms with van der Waals surface area (Å²) in [5.41, 5.74) is 4.20. The van der Waals surface area contributed by atoms with Gasteiger partial charge in [0.05, 0.1) is 6.61 Å². The number of aryl methyl sites for hydroxylation is 1. The lowest BCUT2D eigenvalue weighted by Crippen LogP contribution is -2.37. The van der Waals surface area contributed by atoms with Crippen molar-refractivity contribution in [1.29, 1.82) is 0 Å². The van der Waals surface area contributed by atoms with Gasteiger partial charge in [-0.25, -0.2) is 4.39 Å². The van der Waals surface area contributed by atoms with Crippen LogP contribution in [0.5, 0.6) is 5.75 Å². The Kier molecular flexibility index (Phi) is 7.68. The van der Waals surface area contributed by atoms with E-state index in [1.807, 2.05) is 19.2 Å². The van der Waals surface area contributed by atoms with Crippen LogP contribution in [-0.4, -0.2) is 44.9 Å². The number of H-pyrrole nitrogens is 1. The van der Waals surface area contributed by atoms with Crippen LogP contribution in [0.1, 0.15) is 16.7 Å². The number of aromatic amines is 1. The molecule has 1 heterocycles. The topological polar surface area (TPSA) is 70.7 Å². The van der Waals surface area contributed by atoms with E-state index in [1.165, 1.54) is 6.07 Å². The van der Waals surface area contributed by atoms with Crippen molar-refractivity contribution in [3.8, 4) is 5.75 Å². The van der Waals surface area contributed by atoms with Crippen molar-refractivity contribution < 1.29 is 13.9 Å². The molecule has 0 aliphatic heterocycles. The highest BCUT2D eigenvalue weighted by atomic mass is 19.1. The third kappa shape index (κ3) is 5.73. The van der Waals surface area contributed by atoms with E-state index in [4.69, 9.17) is 9.47 Å². The summed E-state index contributed by atoms with van der Waals surface area (Å²) in [6, 6.07) is 10.9. The van der Waals surface area contributed by atoms with Crippen molar-refractivity contribution in [3.63, 3.8) is 0 Å². The fourth-order valence-electron chi connectivity index (χ4n) is 3.25. The molecule has 1 aromatic heterocycles. The molecular formula is C23H29FN4O2. The standard InChI is InChI=1S/C23H29FN4O2/c1-16-4-5-18(22(12-16)30-11-10-29-3)15-28-23(25-2)26-9-8-17-14-27-21-7-6-19(24)13-20(17)21/h4-7,12-14,27H,8-11,15H2,1-3H3,(H2,25,26,28). The molecule has 3 aromatic rings. The van der Waals surface area contributed by atoms with Crippen LogP contribution in [0.3, 0.4) is 0 Å². The molecule has 0 fully saturated rings. The molecule has 0 saturated carbocycles. The lowest BCUT2D eigenvalue weighted by atomic mass is 10.1. The SMILES string of the molecule is CN=C(NCCc1c[nH]c2ccc(F)cc12)NCc1ccc(C)cc1OCCOC. The summed E-state index contributed by atoms with van der Waals surface area (Å²) in [5.74, 6) is 1.32. The number of fused-ring (bicyclic) bond motifs is 1. The number of aromatic nitrogens is 1. The number of nitrogens with one attached hydrogen (secondary N) is 3. The van der Waals surface area contributed by atoms with Crippen LogP contribution < -0.4 is 15.4 Å². The number of hydrogen-bond donors (Lipinski definition) is 3. The maximum absolute atomic E-state index is 13.5. The predicted molar refractivity (Wildman–Crippen MR) is 119 cm³/mol. The minimum Gasteiger partial charge on any atom is -0.491 e. The fraction of sp³-hybridized carbons (Fsp3) is 0.348. The van der Waals surface area contributed by atoms with Crippen LogP contribution in [0.15, 0.2) is 47.6 Å². The van der Waals surface area contributed by atoms with Gasteiger partial charge in [-0.1, -0.05) is 12.1 Å². The molecule has 0 aliphatic rings. The van der Waals surface area contributed by atoms with E-state index in [0.29, 0.717) is 32.3 Å². The van der Waals surface area contributed by atoms with E-state index >= 15 is 0 Å². The molecule has 30 heavy (non-hydrogen) atoms. The molecule has 6 nitrogen and oxygen atoms in total. The Morgan fingerprint density at radius 3 is 2.77 bits per heavy atom. The number of methoxy groups -OCH3 is 1. The van der Waals surface area contributed by atoms with Gasteiger partial charge in [0.1, 0.15) is 18.2 Å². The zero-order chi connectivity index (χ0) is 21.3. The summed E-state index contributed by atoms with van der Waals surface area (Å²) in [4.78, 5) is 7.47. The van der Waals surface area contributed by atoms with Crippen LogP contribution in [0.25, 0.3) is 10.9 Å². The average Bonchev–Trinajstić information content (AvgIpc) is 3.14. The molecule has 0 atom stereocenters. The van der Waals surface area contributed by atoms with Gasteiger partial charge in [-0.2, -0.15) is 0 Å². The Morgan fingerprint density at radius 2 is 1.97 bits per heavy atom. The Balaban J connectivity index is 1.54.